The molecule has 0 saturated heterocycles. The van der Waals surface area contributed by atoms with Gasteiger partial charge in [-0.1, -0.05) is 58.2 Å². The van der Waals surface area contributed by atoms with Gasteiger partial charge >= 0.3 is 12.0 Å². The third-order valence-electron chi connectivity index (χ3n) is 8.95. The number of para-hydroxylation sites is 1. The van der Waals surface area contributed by atoms with Crippen LogP contribution in [0, 0.1) is 23.7 Å². The van der Waals surface area contributed by atoms with Crippen molar-refractivity contribution in [1.82, 2.24) is 4.90 Å². The summed E-state index contributed by atoms with van der Waals surface area (Å²) in [6.45, 7) is 8.93. The highest BCUT2D eigenvalue weighted by atomic mass is 16.5. The third-order valence-corrected chi connectivity index (χ3v) is 8.95. The molecule has 3 fully saturated rings. The molecular weight excluding hydrogens is 388 g/mol. The van der Waals surface area contributed by atoms with Crippen molar-refractivity contribution in [3.63, 3.8) is 0 Å². The summed E-state index contributed by atoms with van der Waals surface area (Å²) in [5.41, 5.74) is 2.04. The summed E-state index contributed by atoms with van der Waals surface area (Å²) in [7, 11) is 0. The van der Waals surface area contributed by atoms with Crippen LogP contribution < -0.4 is 5.32 Å². The second-order valence-corrected chi connectivity index (χ2v) is 10.8. The van der Waals surface area contributed by atoms with Crippen LogP contribution in [0.4, 0.5) is 10.5 Å². The van der Waals surface area contributed by atoms with Gasteiger partial charge in [-0.2, -0.15) is 0 Å². The van der Waals surface area contributed by atoms with Gasteiger partial charge in [-0.25, -0.2) is 4.79 Å². The van der Waals surface area contributed by atoms with Crippen molar-refractivity contribution in [3.8, 4) is 0 Å². The SMILES string of the molecule is Cc1ccccc1NC(=O)N(CC(=O)O[C@@H]1C[C@H]2CC[C@]1(C)C2(C)C)C1CCCCC1. The molecule has 1 N–H and O–H groups in total. The molecule has 170 valence electrons. The monoisotopic (exact) mass is 426 g/mol. The summed E-state index contributed by atoms with van der Waals surface area (Å²) >= 11 is 0. The summed E-state index contributed by atoms with van der Waals surface area (Å²) in [5.74, 6) is 0.356. The molecule has 0 heterocycles. The average molecular weight is 427 g/mol. The van der Waals surface area contributed by atoms with E-state index < -0.39 is 0 Å². The molecule has 5 nitrogen and oxygen atoms in total. The first-order valence-corrected chi connectivity index (χ1v) is 12.0. The second-order valence-electron chi connectivity index (χ2n) is 10.8. The van der Waals surface area contributed by atoms with Gasteiger partial charge < -0.3 is 15.0 Å². The van der Waals surface area contributed by atoms with Gasteiger partial charge in [0.05, 0.1) is 0 Å². The first-order valence-electron chi connectivity index (χ1n) is 12.0. The van der Waals surface area contributed by atoms with Gasteiger partial charge in [-0.3, -0.25) is 4.79 Å². The van der Waals surface area contributed by atoms with Crippen molar-refractivity contribution in [1.29, 1.82) is 0 Å². The first kappa shape index (κ1) is 22.2. The van der Waals surface area contributed by atoms with Crippen molar-refractivity contribution in [2.75, 3.05) is 11.9 Å². The van der Waals surface area contributed by atoms with Crippen LogP contribution in [-0.2, 0) is 9.53 Å². The Morgan fingerprint density at radius 1 is 1.10 bits per heavy atom. The zero-order chi connectivity index (χ0) is 22.2. The minimum atomic E-state index is -0.264. The third kappa shape index (κ3) is 4.08. The largest absolute Gasteiger partial charge is 0.460 e. The Kier molecular flexibility index (Phi) is 6.06. The van der Waals surface area contributed by atoms with Crippen molar-refractivity contribution >= 4 is 17.7 Å². The second kappa shape index (κ2) is 8.48. The molecule has 31 heavy (non-hydrogen) atoms. The van der Waals surface area contributed by atoms with Crippen LogP contribution >= 0.6 is 0 Å². The van der Waals surface area contributed by atoms with Gasteiger partial charge in [0.1, 0.15) is 12.6 Å². The van der Waals surface area contributed by atoms with Gasteiger partial charge in [-0.15, -0.1) is 0 Å². The fourth-order valence-corrected chi connectivity index (χ4v) is 6.30. The smallest absolute Gasteiger partial charge is 0.326 e. The number of urea groups is 1. The van der Waals surface area contributed by atoms with Crippen molar-refractivity contribution in [3.05, 3.63) is 29.8 Å². The predicted octanol–water partition coefficient (Wildman–Crippen LogP) is 5.92. The lowest BCUT2D eigenvalue weighted by molar-refractivity contribution is -0.158. The number of nitrogens with one attached hydrogen (secondary N) is 1. The minimum Gasteiger partial charge on any atom is -0.460 e. The molecule has 0 aliphatic heterocycles. The highest BCUT2D eigenvalue weighted by Gasteiger charge is 2.62. The van der Waals surface area contributed by atoms with E-state index in [4.69, 9.17) is 4.74 Å². The van der Waals surface area contributed by atoms with E-state index in [1.54, 1.807) is 4.90 Å². The molecule has 3 aliphatic carbocycles. The number of anilines is 1. The maximum Gasteiger partial charge on any atom is 0.326 e. The van der Waals surface area contributed by atoms with Gasteiger partial charge in [0.25, 0.3) is 0 Å². The molecule has 0 spiro atoms. The number of fused-ring (bicyclic) bond motifs is 2. The number of ether oxygens (including phenoxy) is 1. The lowest BCUT2D eigenvalue weighted by atomic mass is 9.70. The van der Waals surface area contributed by atoms with Gasteiger partial charge in [0, 0.05) is 17.1 Å². The van der Waals surface area contributed by atoms with E-state index in [-0.39, 0.29) is 41.5 Å². The number of nitrogens with zero attached hydrogens (tertiary/aromatic N) is 1. The summed E-state index contributed by atoms with van der Waals surface area (Å²) in [5, 5.41) is 3.03. The van der Waals surface area contributed by atoms with E-state index in [0.29, 0.717) is 5.92 Å². The number of rotatable bonds is 5. The number of carbonyl (C=O) groups is 2. The number of esters is 1. The van der Waals surface area contributed by atoms with Crippen molar-refractivity contribution in [2.24, 2.45) is 16.7 Å². The van der Waals surface area contributed by atoms with Crippen LogP contribution in [0.1, 0.15) is 77.7 Å². The normalized spacial score (nSPS) is 29.5. The quantitative estimate of drug-likeness (QED) is 0.595. The Morgan fingerprint density at radius 2 is 1.81 bits per heavy atom. The van der Waals surface area contributed by atoms with Gasteiger partial charge in [-0.05, 0) is 62.0 Å². The molecule has 2 bridgehead atoms. The Hall–Kier alpha value is -2.04. The highest BCUT2D eigenvalue weighted by Crippen LogP contribution is 2.66. The van der Waals surface area contributed by atoms with Gasteiger partial charge in [0.15, 0.2) is 0 Å². The van der Waals surface area contributed by atoms with E-state index >= 15 is 0 Å². The Bertz CT molecular complexity index is 830. The van der Waals surface area contributed by atoms with Crippen LogP contribution in [0.2, 0.25) is 0 Å². The fourth-order valence-electron chi connectivity index (χ4n) is 6.30. The average Bonchev–Trinajstić information content (AvgIpc) is 3.08. The van der Waals surface area contributed by atoms with Gasteiger partial charge in [0.2, 0.25) is 0 Å². The number of hydrogen-bond acceptors (Lipinski definition) is 3. The first-order chi connectivity index (χ1) is 14.7. The maximum absolute atomic E-state index is 13.2. The molecule has 3 saturated carbocycles. The molecule has 2 amide bonds. The maximum atomic E-state index is 13.2. The number of aryl methyl sites for hydroxylation is 1. The minimum absolute atomic E-state index is 0.0278. The number of carbonyl (C=O) groups excluding carboxylic acids is 2. The van der Waals surface area contributed by atoms with E-state index in [2.05, 4.69) is 26.1 Å². The summed E-state index contributed by atoms with van der Waals surface area (Å²) in [4.78, 5) is 28.0. The molecule has 1 aromatic carbocycles. The van der Waals surface area contributed by atoms with Crippen LogP contribution in [-0.4, -0.2) is 35.6 Å². The topological polar surface area (TPSA) is 58.6 Å². The molecule has 3 aliphatic rings. The molecule has 0 radical (unpaired) electrons. The summed E-state index contributed by atoms with van der Waals surface area (Å²) in [6.07, 6.45) is 8.55. The van der Waals surface area contributed by atoms with Crippen molar-refractivity contribution in [2.45, 2.75) is 91.2 Å². The standard InChI is InChI=1S/C26H38N2O3/c1-18-10-8-9-13-21(18)27-24(30)28(20-11-6-5-7-12-20)17-23(29)31-22-16-19-14-15-26(22,4)25(19,2)3/h8-10,13,19-20,22H,5-7,11-12,14-17H2,1-4H3,(H,27,30)/t19-,22-,26+/m1/s1. The lowest BCUT2D eigenvalue weighted by Crippen LogP contribution is -2.48. The number of hydrogen-bond donors (Lipinski definition) is 1. The number of benzene rings is 1. The van der Waals surface area contributed by atoms with E-state index in [1.807, 2.05) is 31.2 Å². The Morgan fingerprint density at radius 3 is 2.42 bits per heavy atom. The molecule has 3 atom stereocenters. The predicted molar refractivity (Wildman–Crippen MR) is 123 cm³/mol. The fraction of sp³-hybridized carbons (Fsp3) is 0.692. The van der Waals surface area contributed by atoms with E-state index in [1.165, 1.54) is 12.8 Å². The zero-order valence-corrected chi connectivity index (χ0v) is 19.6. The summed E-state index contributed by atoms with van der Waals surface area (Å²) in [6, 6.07) is 7.66. The molecular formula is C26H38N2O3. The zero-order valence-electron chi connectivity index (χ0n) is 19.6. The molecule has 0 aromatic heterocycles. The van der Waals surface area contributed by atoms with Crippen molar-refractivity contribution < 1.29 is 14.3 Å². The van der Waals surface area contributed by atoms with Crippen LogP contribution in [0.25, 0.3) is 0 Å². The molecule has 4 rings (SSSR count). The van der Waals surface area contributed by atoms with E-state index in [0.717, 1.165) is 49.8 Å². The van der Waals surface area contributed by atoms with Crippen LogP contribution in [0.3, 0.4) is 0 Å². The molecule has 1 aromatic rings. The number of amides is 2. The lowest BCUT2D eigenvalue weighted by Gasteiger charge is -2.39. The Labute approximate surface area is 186 Å². The Balaban J connectivity index is 1.45. The van der Waals surface area contributed by atoms with Crippen LogP contribution in [0.15, 0.2) is 24.3 Å². The highest BCUT2D eigenvalue weighted by molar-refractivity contribution is 5.92. The summed E-state index contributed by atoms with van der Waals surface area (Å²) < 4.78 is 6.07. The molecule has 0 unspecified atom stereocenters. The van der Waals surface area contributed by atoms with Crippen LogP contribution in [0.5, 0.6) is 0 Å². The molecule has 5 heteroatoms. The van der Waals surface area contributed by atoms with E-state index in [9.17, 15) is 9.59 Å².